The Morgan fingerprint density at radius 2 is 1.93 bits per heavy atom. The van der Waals surface area contributed by atoms with E-state index in [-0.39, 0.29) is 0 Å². The summed E-state index contributed by atoms with van der Waals surface area (Å²) >= 11 is 5.76. The number of ether oxygens (including phenoxy) is 1. The monoisotopic (exact) mass is 206 g/mol. The molecule has 0 amide bonds. The van der Waals surface area contributed by atoms with E-state index in [1.54, 1.807) is 29.1 Å². The Balaban J connectivity index is 2.34. The second kappa shape index (κ2) is 3.72. The highest BCUT2D eigenvalue weighted by Crippen LogP contribution is 2.14. The number of aromatic nitrogens is 2. The molecule has 2 aromatic rings. The van der Waals surface area contributed by atoms with Crippen LogP contribution in [0, 0.1) is 7.11 Å². The molecule has 70 valence electrons. The molecule has 0 saturated heterocycles. The van der Waals surface area contributed by atoms with Crippen molar-refractivity contribution in [2.75, 3.05) is 0 Å². The van der Waals surface area contributed by atoms with Gasteiger partial charge in [0.2, 0.25) is 5.88 Å². The third kappa shape index (κ3) is 1.72. The molecule has 2 rings (SSSR count). The summed E-state index contributed by atoms with van der Waals surface area (Å²) in [7, 11) is 4.97. The van der Waals surface area contributed by atoms with E-state index in [2.05, 4.69) is 9.84 Å². The van der Waals surface area contributed by atoms with Crippen LogP contribution in [-0.4, -0.2) is 9.78 Å². The Morgan fingerprint density at radius 1 is 1.21 bits per heavy atom. The van der Waals surface area contributed by atoms with Crippen molar-refractivity contribution in [3.8, 4) is 11.6 Å². The fourth-order valence-electron chi connectivity index (χ4n) is 1.11. The zero-order chi connectivity index (χ0) is 9.97. The Hall–Kier alpha value is -1.48. The van der Waals surface area contributed by atoms with E-state index in [9.17, 15) is 0 Å². The minimum Gasteiger partial charge on any atom is -0.465 e. The first-order valence-corrected chi connectivity index (χ1v) is 4.36. The predicted molar refractivity (Wildman–Crippen MR) is 53.5 cm³/mol. The zero-order valence-corrected chi connectivity index (χ0v) is 7.98. The van der Waals surface area contributed by atoms with Gasteiger partial charge in [-0.05, 0) is 24.3 Å². The van der Waals surface area contributed by atoms with Crippen LogP contribution in [0.2, 0.25) is 5.02 Å². The van der Waals surface area contributed by atoms with Crippen LogP contribution >= 0.6 is 11.6 Å². The van der Waals surface area contributed by atoms with Crippen molar-refractivity contribution in [1.82, 2.24) is 9.78 Å². The summed E-state index contributed by atoms with van der Waals surface area (Å²) in [6, 6.07) is 8.98. The Bertz CT molecular complexity index is 422. The van der Waals surface area contributed by atoms with Gasteiger partial charge < -0.3 is 4.74 Å². The van der Waals surface area contributed by atoms with Crippen molar-refractivity contribution in [2.24, 2.45) is 0 Å². The standard InChI is InChI=1S/C10H7ClN2O/c1-14-10-6-7-13(12-10)9-4-2-8(11)3-5-9/h1-7H. The van der Waals surface area contributed by atoms with Crippen LogP contribution in [-0.2, 0) is 0 Å². The van der Waals surface area contributed by atoms with Crippen LogP contribution in [0.25, 0.3) is 5.69 Å². The maximum atomic E-state index is 5.76. The number of benzene rings is 1. The quantitative estimate of drug-likeness (QED) is 0.755. The summed E-state index contributed by atoms with van der Waals surface area (Å²) in [6.45, 7) is 0. The van der Waals surface area contributed by atoms with Crippen LogP contribution in [0.15, 0.2) is 36.5 Å². The van der Waals surface area contributed by atoms with Gasteiger partial charge in [-0.2, -0.15) is 0 Å². The first-order valence-electron chi connectivity index (χ1n) is 3.98. The smallest absolute Gasteiger partial charge is 0.233 e. The van der Waals surface area contributed by atoms with E-state index in [0.717, 1.165) is 5.69 Å². The SMILES string of the molecule is [CH]Oc1ccn(-c2ccc(Cl)cc2)n1. The summed E-state index contributed by atoms with van der Waals surface area (Å²) < 4.78 is 6.13. The molecule has 0 unspecified atom stereocenters. The lowest BCUT2D eigenvalue weighted by Gasteiger charge is -2.00. The highest BCUT2D eigenvalue weighted by Gasteiger charge is 1.99. The summed E-state index contributed by atoms with van der Waals surface area (Å²) in [5, 5.41) is 4.75. The van der Waals surface area contributed by atoms with Gasteiger partial charge in [-0.25, -0.2) is 4.68 Å². The van der Waals surface area contributed by atoms with Gasteiger partial charge in [0.05, 0.1) is 5.69 Å². The molecule has 1 aromatic heterocycles. The van der Waals surface area contributed by atoms with Crippen molar-refractivity contribution in [1.29, 1.82) is 0 Å². The molecule has 3 nitrogen and oxygen atoms in total. The van der Waals surface area contributed by atoms with E-state index in [4.69, 9.17) is 18.7 Å². The van der Waals surface area contributed by atoms with Gasteiger partial charge in [0.25, 0.3) is 0 Å². The molecule has 2 radical (unpaired) electrons. The molecular formula is C10H7ClN2O. The largest absolute Gasteiger partial charge is 0.465 e. The second-order valence-corrected chi connectivity index (χ2v) is 3.13. The number of hydrogen-bond acceptors (Lipinski definition) is 2. The van der Waals surface area contributed by atoms with Gasteiger partial charge in [0.15, 0.2) is 7.11 Å². The van der Waals surface area contributed by atoms with Crippen LogP contribution in [0.4, 0.5) is 0 Å². The molecule has 0 spiro atoms. The summed E-state index contributed by atoms with van der Waals surface area (Å²) in [6.07, 6.45) is 1.76. The molecule has 0 N–H and O–H groups in total. The summed E-state index contributed by atoms with van der Waals surface area (Å²) in [4.78, 5) is 0. The molecular weight excluding hydrogens is 200 g/mol. The molecule has 0 aliphatic heterocycles. The maximum absolute atomic E-state index is 5.76. The lowest BCUT2D eigenvalue weighted by atomic mass is 10.3. The van der Waals surface area contributed by atoms with E-state index in [1.165, 1.54) is 0 Å². The fourth-order valence-corrected chi connectivity index (χ4v) is 1.23. The molecule has 0 aliphatic carbocycles. The van der Waals surface area contributed by atoms with Gasteiger partial charge >= 0.3 is 0 Å². The first-order chi connectivity index (χ1) is 6.79. The van der Waals surface area contributed by atoms with Gasteiger partial charge in [0, 0.05) is 17.3 Å². The molecule has 1 heterocycles. The topological polar surface area (TPSA) is 27.1 Å². The Labute approximate surface area is 86.9 Å². The number of rotatable bonds is 2. The zero-order valence-electron chi connectivity index (χ0n) is 7.22. The van der Waals surface area contributed by atoms with Crippen molar-refractivity contribution in [3.05, 3.63) is 48.7 Å². The summed E-state index contributed by atoms with van der Waals surface area (Å²) in [5.41, 5.74) is 0.901. The lowest BCUT2D eigenvalue weighted by Crippen LogP contribution is -1.94. The predicted octanol–water partition coefficient (Wildman–Crippen LogP) is 2.57. The van der Waals surface area contributed by atoms with E-state index >= 15 is 0 Å². The fraction of sp³-hybridized carbons (Fsp3) is 0. The average molecular weight is 207 g/mol. The maximum Gasteiger partial charge on any atom is 0.233 e. The highest BCUT2D eigenvalue weighted by molar-refractivity contribution is 6.30. The second-order valence-electron chi connectivity index (χ2n) is 2.69. The number of nitrogens with zero attached hydrogens (tertiary/aromatic N) is 2. The normalized spacial score (nSPS) is 10.1. The van der Waals surface area contributed by atoms with Gasteiger partial charge in [-0.15, -0.1) is 5.10 Å². The third-order valence-corrected chi connectivity index (χ3v) is 2.03. The molecule has 0 saturated carbocycles. The molecule has 1 aromatic carbocycles. The van der Waals surface area contributed by atoms with Gasteiger partial charge in [0.1, 0.15) is 0 Å². The van der Waals surface area contributed by atoms with Crippen LogP contribution in [0.3, 0.4) is 0 Å². The molecule has 0 bridgehead atoms. The molecule has 0 fully saturated rings. The first kappa shape index (κ1) is 9.09. The molecule has 0 atom stereocenters. The van der Waals surface area contributed by atoms with Gasteiger partial charge in [-0.3, -0.25) is 0 Å². The van der Waals surface area contributed by atoms with E-state index < -0.39 is 0 Å². The van der Waals surface area contributed by atoms with Crippen LogP contribution in [0.5, 0.6) is 5.88 Å². The molecule has 0 aliphatic rings. The summed E-state index contributed by atoms with van der Waals surface area (Å²) in [5.74, 6) is 0.375. The number of hydrogen-bond donors (Lipinski definition) is 0. The third-order valence-electron chi connectivity index (χ3n) is 1.78. The number of halogens is 1. The minimum absolute atomic E-state index is 0.375. The van der Waals surface area contributed by atoms with Crippen molar-refractivity contribution >= 4 is 11.6 Å². The Kier molecular flexibility index (Phi) is 2.41. The average Bonchev–Trinajstić information content (AvgIpc) is 2.67. The van der Waals surface area contributed by atoms with E-state index in [1.807, 2.05) is 12.1 Å². The molecule has 14 heavy (non-hydrogen) atoms. The van der Waals surface area contributed by atoms with Gasteiger partial charge in [-0.1, -0.05) is 11.6 Å². The lowest BCUT2D eigenvalue weighted by molar-refractivity contribution is 0.448. The minimum atomic E-state index is 0.375. The molecule has 4 heteroatoms. The Morgan fingerprint density at radius 3 is 2.50 bits per heavy atom. The van der Waals surface area contributed by atoms with Crippen LogP contribution < -0.4 is 4.74 Å². The van der Waals surface area contributed by atoms with Crippen molar-refractivity contribution in [3.63, 3.8) is 0 Å². The van der Waals surface area contributed by atoms with Crippen molar-refractivity contribution < 1.29 is 4.74 Å². The van der Waals surface area contributed by atoms with Crippen molar-refractivity contribution in [2.45, 2.75) is 0 Å². The van der Waals surface area contributed by atoms with Crippen LogP contribution in [0.1, 0.15) is 0 Å². The van der Waals surface area contributed by atoms with E-state index in [0.29, 0.717) is 10.9 Å². The highest BCUT2D eigenvalue weighted by atomic mass is 35.5.